The van der Waals surface area contributed by atoms with E-state index in [1.54, 1.807) is 12.1 Å². The number of carbonyl (C=O) groups excluding carboxylic acids is 1. The summed E-state index contributed by atoms with van der Waals surface area (Å²) >= 11 is 0. The minimum Gasteiger partial charge on any atom is -0.378 e. The first-order chi connectivity index (χ1) is 14.0. The van der Waals surface area contributed by atoms with Gasteiger partial charge in [-0.3, -0.25) is 4.79 Å². The molecule has 0 radical (unpaired) electrons. The lowest BCUT2D eigenvalue weighted by Gasteiger charge is -2.31. The molecule has 2 aliphatic heterocycles. The molecule has 0 N–H and O–H groups in total. The van der Waals surface area contributed by atoms with Crippen LogP contribution < -0.4 is 4.90 Å². The van der Waals surface area contributed by atoms with E-state index < -0.39 is 0 Å². The normalized spacial score (nSPS) is 18.6. The van der Waals surface area contributed by atoms with Gasteiger partial charge in [0.25, 0.3) is 0 Å². The second kappa shape index (κ2) is 9.78. The third-order valence-electron chi connectivity index (χ3n) is 5.57. The summed E-state index contributed by atoms with van der Waals surface area (Å²) < 4.78 is 20.5. The van der Waals surface area contributed by atoms with Crippen LogP contribution in [0.4, 0.5) is 10.1 Å². The van der Waals surface area contributed by atoms with Crippen LogP contribution in [0, 0.1) is 11.7 Å². The van der Waals surface area contributed by atoms with E-state index in [-0.39, 0.29) is 17.6 Å². The Balaban J connectivity index is 1.74. The number of amides is 1. The summed E-state index contributed by atoms with van der Waals surface area (Å²) in [6.07, 6.45) is 2.06. The zero-order chi connectivity index (χ0) is 20.8. The number of benzene rings is 1. The largest absolute Gasteiger partial charge is 0.378 e. The summed E-state index contributed by atoms with van der Waals surface area (Å²) in [6.45, 7) is 13.4. The average molecular weight is 400 g/mol. The molecule has 1 amide bonds. The quantitative estimate of drug-likeness (QED) is 0.562. The number of hydrogen-bond donors (Lipinski definition) is 0. The topological polar surface area (TPSA) is 57.5 Å². The Labute approximate surface area is 171 Å². The van der Waals surface area contributed by atoms with E-state index in [1.165, 1.54) is 0 Å². The fourth-order valence-electron chi connectivity index (χ4n) is 3.86. The maximum atomic E-state index is 15.2. The van der Waals surface area contributed by atoms with Crippen molar-refractivity contribution in [3.8, 4) is 0 Å². The van der Waals surface area contributed by atoms with Gasteiger partial charge in [-0.25, -0.2) is 14.4 Å². The molecule has 0 atom stereocenters. The van der Waals surface area contributed by atoms with Crippen LogP contribution in [0.1, 0.15) is 31.7 Å². The van der Waals surface area contributed by atoms with Crippen LogP contribution in [0.25, 0.3) is 5.70 Å². The van der Waals surface area contributed by atoms with Crippen molar-refractivity contribution in [1.29, 1.82) is 0 Å². The molecular weight excluding hydrogens is 371 g/mol. The highest BCUT2D eigenvalue weighted by Crippen LogP contribution is 2.29. The molecule has 0 unspecified atom stereocenters. The van der Waals surface area contributed by atoms with Crippen LogP contribution in [0.3, 0.4) is 0 Å². The van der Waals surface area contributed by atoms with Gasteiger partial charge in [0.1, 0.15) is 5.84 Å². The van der Waals surface area contributed by atoms with Crippen LogP contribution in [0.15, 0.2) is 34.8 Å². The lowest BCUT2D eigenvalue weighted by molar-refractivity contribution is -0.131. The number of likely N-dealkylation sites (tertiary alicyclic amines) is 1. The molecule has 2 heterocycles. The van der Waals surface area contributed by atoms with Crippen LogP contribution >= 0.6 is 0 Å². The number of morpholine rings is 1. The highest BCUT2D eigenvalue weighted by molar-refractivity contribution is 5.93. The van der Waals surface area contributed by atoms with Crippen LogP contribution in [-0.2, 0) is 9.53 Å². The molecule has 6 nitrogen and oxygen atoms in total. The SMILES string of the molecule is C=NC(=NC(=C)c1cccc(N2CCOCC2)c1F)C1CCN(C(=O)CC)CC1. The summed E-state index contributed by atoms with van der Waals surface area (Å²) in [4.78, 5) is 24.3. The molecule has 0 spiro atoms. The summed E-state index contributed by atoms with van der Waals surface area (Å²) in [6, 6.07) is 5.28. The summed E-state index contributed by atoms with van der Waals surface area (Å²) in [7, 11) is 0. The van der Waals surface area contributed by atoms with Gasteiger partial charge in [-0.1, -0.05) is 19.6 Å². The number of nitrogens with zero attached hydrogens (tertiary/aromatic N) is 4. The molecule has 1 aromatic carbocycles. The Kier molecular flexibility index (Phi) is 7.14. The minimum absolute atomic E-state index is 0.0932. The molecule has 0 aromatic heterocycles. The van der Waals surface area contributed by atoms with Gasteiger partial charge in [0.05, 0.1) is 24.6 Å². The van der Waals surface area contributed by atoms with Crippen LogP contribution in [-0.4, -0.2) is 62.8 Å². The summed E-state index contributed by atoms with van der Waals surface area (Å²) in [5.74, 6) is 0.500. The zero-order valence-electron chi connectivity index (χ0n) is 17.1. The predicted molar refractivity (Wildman–Crippen MR) is 115 cm³/mol. The number of rotatable bonds is 5. The predicted octanol–water partition coefficient (Wildman–Crippen LogP) is 3.38. The smallest absolute Gasteiger partial charge is 0.222 e. The number of amidine groups is 1. The second-order valence-electron chi connectivity index (χ2n) is 7.32. The maximum absolute atomic E-state index is 15.2. The minimum atomic E-state index is -0.324. The molecular formula is C22H29FN4O2. The molecule has 3 rings (SSSR count). The third kappa shape index (κ3) is 4.90. The van der Waals surface area contributed by atoms with Crippen LogP contribution in [0.5, 0.6) is 0 Å². The van der Waals surface area contributed by atoms with E-state index >= 15 is 4.39 Å². The Morgan fingerprint density at radius 2 is 1.93 bits per heavy atom. The number of ether oxygens (including phenoxy) is 1. The Morgan fingerprint density at radius 1 is 1.24 bits per heavy atom. The van der Waals surface area contributed by atoms with E-state index in [2.05, 4.69) is 23.3 Å². The van der Waals surface area contributed by atoms with Gasteiger partial charge in [0.2, 0.25) is 5.91 Å². The number of anilines is 1. The summed E-state index contributed by atoms with van der Waals surface area (Å²) in [5.41, 5.74) is 1.25. The second-order valence-corrected chi connectivity index (χ2v) is 7.32. The molecule has 2 aliphatic rings. The van der Waals surface area contributed by atoms with Crippen molar-refractivity contribution in [3.05, 3.63) is 36.2 Å². The highest BCUT2D eigenvalue weighted by atomic mass is 19.1. The Hall–Kier alpha value is -2.54. The maximum Gasteiger partial charge on any atom is 0.222 e. The van der Waals surface area contributed by atoms with Crippen LogP contribution in [0.2, 0.25) is 0 Å². The first-order valence-corrected chi connectivity index (χ1v) is 10.2. The van der Waals surface area contributed by atoms with E-state index in [4.69, 9.17) is 4.74 Å². The lowest BCUT2D eigenvalue weighted by Crippen LogP contribution is -2.39. The molecule has 0 saturated carbocycles. The standard InChI is InChI=1S/C22H29FN4O2/c1-4-20(28)27-10-8-17(9-11-27)22(24-3)25-16(2)18-6-5-7-19(21(18)23)26-12-14-29-15-13-26/h5-7,17H,2-4,8-15H2,1H3. The summed E-state index contributed by atoms with van der Waals surface area (Å²) in [5, 5.41) is 0. The van der Waals surface area contributed by atoms with Crippen molar-refractivity contribution in [2.24, 2.45) is 15.9 Å². The van der Waals surface area contributed by atoms with E-state index in [0.717, 1.165) is 12.8 Å². The highest BCUT2D eigenvalue weighted by Gasteiger charge is 2.25. The number of piperidine rings is 1. The van der Waals surface area contributed by atoms with Gasteiger partial charge in [-0.15, -0.1) is 0 Å². The van der Waals surface area contributed by atoms with Crippen molar-refractivity contribution < 1.29 is 13.9 Å². The van der Waals surface area contributed by atoms with Crippen molar-refractivity contribution in [3.63, 3.8) is 0 Å². The van der Waals surface area contributed by atoms with Crippen molar-refractivity contribution >= 4 is 29.8 Å². The molecule has 2 fully saturated rings. The van der Waals surface area contributed by atoms with E-state index in [9.17, 15) is 4.79 Å². The zero-order valence-corrected chi connectivity index (χ0v) is 17.1. The first kappa shape index (κ1) is 21.2. The monoisotopic (exact) mass is 400 g/mol. The molecule has 156 valence electrons. The molecule has 0 aliphatic carbocycles. The molecule has 2 saturated heterocycles. The van der Waals surface area contributed by atoms with Crippen molar-refractivity contribution in [1.82, 2.24) is 4.90 Å². The van der Waals surface area contributed by atoms with Gasteiger partial charge in [-0.2, -0.15) is 0 Å². The number of aliphatic imine (C=N–C) groups is 2. The third-order valence-corrected chi connectivity index (χ3v) is 5.57. The fraction of sp³-hybridized carbons (Fsp3) is 0.500. The van der Waals surface area contributed by atoms with Crippen molar-refractivity contribution in [2.75, 3.05) is 44.3 Å². The van der Waals surface area contributed by atoms with Gasteiger partial charge < -0.3 is 14.5 Å². The molecule has 0 bridgehead atoms. The molecule has 7 heteroatoms. The van der Waals surface area contributed by atoms with E-state index in [0.29, 0.717) is 68.6 Å². The first-order valence-electron chi connectivity index (χ1n) is 10.2. The van der Waals surface area contributed by atoms with Gasteiger partial charge >= 0.3 is 0 Å². The molecule has 29 heavy (non-hydrogen) atoms. The van der Waals surface area contributed by atoms with Gasteiger partial charge in [0.15, 0.2) is 5.82 Å². The van der Waals surface area contributed by atoms with E-state index in [1.807, 2.05) is 22.8 Å². The van der Waals surface area contributed by atoms with Crippen molar-refractivity contribution in [2.45, 2.75) is 26.2 Å². The number of halogens is 1. The van der Waals surface area contributed by atoms with Gasteiger partial charge in [0, 0.05) is 44.1 Å². The number of hydrogen-bond acceptors (Lipinski definition) is 4. The Bertz CT molecular complexity index is 794. The Morgan fingerprint density at radius 3 is 2.55 bits per heavy atom. The average Bonchev–Trinajstić information content (AvgIpc) is 2.77. The lowest BCUT2D eigenvalue weighted by atomic mass is 9.95. The number of carbonyl (C=O) groups is 1. The van der Waals surface area contributed by atoms with Gasteiger partial charge in [-0.05, 0) is 31.7 Å². The fourth-order valence-corrected chi connectivity index (χ4v) is 3.86. The molecule has 1 aromatic rings.